The molecule has 5 heteroatoms. The van der Waals surface area contributed by atoms with Crippen molar-refractivity contribution in [3.8, 4) is 39.1 Å². The highest BCUT2D eigenvalue weighted by molar-refractivity contribution is 6.11. The molecule has 0 atom stereocenters. The molecule has 0 aliphatic rings. The van der Waals surface area contributed by atoms with Crippen molar-refractivity contribution in [1.82, 2.24) is 4.57 Å². The second-order valence-electron chi connectivity index (χ2n) is 19.7. The van der Waals surface area contributed by atoms with Crippen LogP contribution in [0.5, 0.6) is 0 Å². The van der Waals surface area contributed by atoms with Gasteiger partial charge in [0.2, 0.25) is 0 Å². The molecule has 0 amide bonds. The van der Waals surface area contributed by atoms with Crippen LogP contribution < -0.4 is 9.80 Å². The maximum absolute atomic E-state index is 6.63. The molecular formula is C72H47N3O2. The second-order valence-corrected chi connectivity index (χ2v) is 19.7. The lowest BCUT2D eigenvalue weighted by Gasteiger charge is -2.30. The Morgan fingerprint density at radius 2 is 0.623 bits per heavy atom. The van der Waals surface area contributed by atoms with E-state index < -0.39 is 0 Å². The summed E-state index contributed by atoms with van der Waals surface area (Å²) in [6.07, 6.45) is 0. The van der Waals surface area contributed by atoms with E-state index in [9.17, 15) is 0 Å². The first-order valence-electron chi connectivity index (χ1n) is 26.1. The minimum Gasteiger partial charge on any atom is -0.456 e. The summed E-state index contributed by atoms with van der Waals surface area (Å²) in [5.74, 6) is 0. The quantitative estimate of drug-likeness (QED) is 0.137. The molecule has 77 heavy (non-hydrogen) atoms. The van der Waals surface area contributed by atoms with Gasteiger partial charge in [0.15, 0.2) is 0 Å². The molecular weight excluding hydrogens is 939 g/mol. The van der Waals surface area contributed by atoms with Gasteiger partial charge in [-0.15, -0.1) is 0 Å². The topological polar surface area (TPSA) is 37.7 Å². The summed E-state index contributed by atoms with van der Waals surface area (Å²) in [6.45, 7) is 0. The Morgan fingerprint density at radius 3 is 1.16 bits per heavy atom. The Labute approximate surface area is 445 Å². The van der Waals surface area contributed by atoms with Crippen molar-refractivity contribution in [2.45, 2.75) is 0 Å². The predicted molar refractivity (Wildman–Crippen MR) is 321 cm³/mol. The lowest BCUT2D eigenvalue weighted by atomic mass is 9.99. The van der Waals surface area contributed by atoms with Gasteiger partial charge >= 0.3 is 0 Å². The number of hydrogen-bond donors (Lipinski definition) is 0. The molecule has 0 aliphatic carbocycles. The molecule has 3 heterocycles. The SMILES string of the molecule is c1ccc(-c2ccc(N(c3cc(-c4ccc5c(c4)c4ccccc4n5-c4ccccc4)cc(N(c4ccc(-c5ccccc5)cc4)c4ccc5c(c4)oc4ccccc45)c3)c3ccc4c(c3)oc3ccccc34)cc2)cc1. The molecule has 0 saturated heterocycles. The van der Waals surface area contributed by atoms with Crippen LogP contribution in [0.2, 0.25) is 0 Å². The lowest BCUT2D eigenvalue weighted by Crippen LogP contribution is -2.13. The van der Waals surface area contributed by atoms with Gasteiger partial charge in [-0.2, -0.15) is 0 Å². The third-order valence-corrected chi connectivity index (χ3v) is 15.1. The fraction of sp³-hybridized carbons (Fsp3) is 0. The average molecular weight is 986 g/mol. The zero-order valence-electron chi connectivity index (χ0n) is 41.8. The van der Waals surface area contributed by atoms with E-state index >= 15 is 0 Å². The fourth-order valence-electron chi connectivity index (χ4n) is 11.5. The fourth-order valence-corrected chi connectivity index (χ4v) is 11.5. The highest BCUT2D eigenvalue weighted by atomic mass is 16.3. The molecule has 0 fully saturated rings. The maximum Gasteiger partial charge on any atom is 0.137 e. The maximum atomic E-state index is 6.63. The average Bonchev–Trinajstić information content (AvgIpc) is 4.26. The Morgan fingerprint density at radius 1 is 0.221 bits per heavy atom. The molecule has 0 radical (unpaired) electrons. The Balaban J connectivity index is 0.988. The number of aromatic nitrogens is 1. The van der Waals surface area contributed by atoms with Crippen LogP contribution in [0.4, 0.5) is 34.1 Å². The van der Waals surface area contributed by atoms with Gasteiger partial charge in [-0.3, -0.25) is 0 Å². The first-order chi connectivity index (χ1) is 38.1. The summed E-state index contributed by atoms with van der Waals surface area (Å²) in [4.78, 5) is 4.74. The Hall–Kier alpha value is -10.4. The van der Waals surface area contributed by atoms with E-state index in [2.05, 4.69) is 275 Å². The van der Waals surface area contributed by atoms with Gasteiger partial charge in [0.25, 0.3) is 0 Å². The van der Waals surface area contributed by atoms with Crippen LogP contribution >= 0.6 is 0 Å². The van der Waals surface area contributed by atoms with Gasteiger partial charge in [0.05, 0.1) is 11.0 Å². The molecule has 0 N–H and O–H groups in total. The van der Waals surface area contributed by atoms with Gasteiger partial charge in [0.1, 0.15) is 22.3 Å². The number of fused-ring (bicyclic) bond motifs is 9. The zero-order chi connectivity index (χ0) is 50.8. The Kier molecular flexibility index (Phi) is 10.5. The summed E-state index contributed by atoms with van der Waals surface area (Å²) >= 11 is 0. The van der Waals surface area contributed by atoms with Crippen molar-refractivity contribution in [3.63, 3.8) is 0 Å². The van der Waals surface area contributed by atoms with E-state index in [0.717, 1.165) is 128 Å². The minimum absolute atomic E-state index is 0.825. The van der Waals surface area contributed by atoms with Crippen molar-refractivity contribution in [3.05, 3.63) is 285 Å². The zero-order valence-corrected chi connectivity index (χ0v) is 41.8. The number of rotatable bonds is 10. The highest BCUT2D eigenvalue weighted by Gasteiger charge is 2.23. The largest absolute Gasteiger partial charge is 0.456 e. The first kappa shape index (κ1) is 44.2. The van der Waals surface area contributed by atoms with E-state index in [4.69, 9.17) is 8.83 Å². The number of benzene rings is 12. The smallest absolute Gasteiger partial charge is 0.137 e. The summed E-state index contributed by atoms with van der Waals surface area (Å²) in [6, 6.07) is 102. The summed E-state index contributed by atoms with van der Waals surface area (Å²) in [5, 5.41) is 6.72. The molecule has 15 aromatic rings. The number of furan rings is 2. The monoisotopic (exact) mass is 985 g/mol. The van der Waals surface area contributed by atoms with Crippen molar-refractivity contribution >= 4 is 99.8 Å². The molecule has 362 valence electrons. The van der Waals surface area contributed by atoms with E-state index in [1.165, 1.54) is 10.8 Å². The molecule has 3 aromatic heterocycles. The standard InChI is InChI=1S/C72H47N3O2/c1-4-16-48(17-5-1)50-28-33-55(34-29-50)73(57-37-39-64-62-23-11-14-26-69(62)76-71(64)46-57)59-42-53(52-32-41-68-66(44-52)61-22-10-13-25-67(61)75(68)54-20-8-3-9-21-54)43-60(45-59)74(56-35-30-51(31-36-56)49-18-6-2-7-19-49)58-38-40-65-63-24-12-15-27-70(63)77-72(65)47-58/h1-47H. The summed E-state index contributed by atoms with van der Waals surface area (Å²) in [7, 11) is 0. The van der Waals surface area contributed by atoms with Crippen LogP contribution in [0.15, 0.2) is 294 Å². The van der Waals surface area contributed by atoms with Crippen LogP contribution in [0.25, 0.3) is 105 Å². The molecule has 12 aromatic carbocycles. The molecule has 0 bridgehead atoms. The van der Waals surface area contributed by atoms with Gasteiger partial charge in [0, 0.05) is 84.3 Å². The molecule has 0 saturated carbocycles. The molecule has 0 spiro atoms. The van der Waals surface area contributed by atoms with Crippen molar-refractivity contribution in [1.29, 1.82) is 0 Å². The van der Waals surface area contributed by atoms with E-state index in [0.29, 0.717) is 0 Å². The molecule has 0 aliphatic heterocycles. The first-order valence-corrected chi connectivity index (χ1v) is 26.1. The van der Waals surface area contributed by atoms with Gasteiger partial charge in [-0.05, 0) is 143 Å². The minimum atomic E-state index is 0.825. The van der Waals surface area contributed by atoms with Crippen LogP contribution in [0.3, 0.4) is 0 Å². The molecule has 15 rings (SSSR count). The number of nitrogens with zero attached hydrogens (tertiary/aromatic N) is 3. The van der Waals surface area contributed by atoms with Crippen LogP contribution in [-0.2, 0) is 0 Å². The predicted octanol–water partition coefficient (Wildman–Crippen LogP) is 20.5. The highest BCUT2D eigenvalue weighted by Crippen LogP contribution is 2.47. The number of hydrogen-bond acceptors (Lipinski definition) is 4. The van der Waals surface area contributed by atoms with E-state index in [-0.39, 0.29) is 0 Å². The van der Waals surface area contributed by atoms with Gasteiger partial charge in [-0.25, -0.2) is 0 Å². The van der Waals surface area contributed by atoms with Crippen LogP contribution in [0, 0.1) is 0 Å². The third kappa shape index (κ3) is 7.71. The van der Waals surface area contributed by atoms with Crippen LogP contribution in [0.1, 0.15) is 0 Å². The van der Waals surface area contributed by atoms with Crippen molar-refractivity contribution < 1.29 is 8.83 Å². The normalized spacial score (nSPS) is 11.6. The van der Waals surface area contributed by atoms with E-state index in [1.54, 1.807) is 0 Å². The molecule has 0 unspecified atom stereocenters. The summed E-state index contributed by atoms with van der Waals surface area (Å²) in [5.41, 5.74) is 19.5. The third-order valence-electron chi connectivity index (χ3n) is 15.1. The van der Waals surface area contributed by atoms with Crippen molar-refractivity contribution in [2.24, 2.45) is 0 Å². The lowest BCUT2D eigenvalue weighted by molar-refractivity contribution is 0.668. The van der Waals surface area contributed by atoms with E-state index in [1.807, 2.05) is 24.3 Å². The summed E-state index contributed by atoms with van der Waals surface area (Å²) < 4.78 is 15.6. The Bertz CT molecular complexity index is 4450. The molecule has 5 nitrogen and oxygen atoms in total. The second kappa shape index (κ2) is 18.2. The van der Waals surface area contributed by atoms with Crippen molar-refractivity contribution in [2.75, 3.05) is 9.80 Å². The van der Waals surface area contributed by atoms with Crippen LogP contribution in [-0.4, -0.2) is 4.57 Å². The van der Waals surface area contributed by atoms with Gasteiger partial charge < -0.3 is 23.2 Å². The number of para-hydroxylation sites is 4. The number of anilines is 6. The van der Waals surface area contributed by atoms with Gasteiger partial charge in [-0.1, -0.05) is 164 Å².